The Kier molecular flexibility index (Phi) is 7.41. The summed E-state index contributed by atoms with van der Waals surface area (Å²) >= 11 is 6.63. The zero-order valence-electron chi connectivity index (χ0n) is 23.1. The van der Waals surface area contributed by atoms with Gasteiger partial charge in [-0.05, 0) is 35.6 Å². The summed E-state index contributed by atoms with van der Waals surface area (Å²) in [6.07, 6.45) is 2.19. The van der Waals surface area contributed by atoms with Crippen molar-refractivity contribution in [2.45, 2.75) is 43.8 Å². The van der Waals surface area contributed by atoms with Gasteiger partial charge >= 0.3 is 0 Å². The predicted molar refractivity (Wildman–Crippen MR) is 161 cm³/mol. The van der Waals surface area contributed by atoms with Crippen LogP contribution in [0.1, 0.15) is 18.4 Å². The average molecular weight is 610 g/mol. The Morgan fingerprint density at radius 1 is 1.02 bits per heavy atom. The van der Waals surface area contributed by atoms with Crippen molar-refractivity contribution in [3.05, 3.63) is 65.2 Å². The van der Waals surface area contributed by atoms with Gasteiger partial charge in [0.1, 0.15) is 33.7 Å². The standard InChI is InChI=1S/C30H32ClN5O5S/c1-42(38,36-12-2-3-13-36)32-15-18-4-6-19(7-5-18)20-8-10-21(11-9-20)26-22(31)14-23-29(34-26)35-30(33-23)41-25-17-40-27-24(37)16-39-28(25)27/h4-11,14,24-25,27-28,37H,2-3,12-13,15-17H2,1H3,(H,33,34,35)/t24-,25-,27-,28-,42?/m1/s1. The molecule has 0 saturated carbocycles. The minimum absolute atomic E-state index is 0.234. The molecule has 2 aromatic carbocycles. The van der Waals surface area contributed by atoms with Crippen LogP contribution in [0.5, 0.6) is 6.01 Å². The van der Waals surface area contributed by atoms with Crippen LogP contribution in [0.25, 0.3) is 33.5 Å². The van der Waals surface area contributed by atoms with Crippen LogP contribution in [-0.4, -0.2) is 85.5 Å². The number of imidazole rings is 1. The summed E-state index contributed by atoms with van der Waals surface area (Å²) < 4.78 is 36.7. The predicted octanol–water partition coefficient (Wildman–Crippen LogP) is 4.46. The molecule has 0 bridgehead atoms. The van der Waals surface area contributed by atoms with Gasteiger partial charge in [0, 0.05) is 24.9 Å². The number of aliphatic hydroxyl groups excluding tert-OH is 1. The molecule has 2 N–H and O–H groups in total. The Balaban J connectivity index is 1.05. The second kappa shape index (κ2) is 11.2. The van der Waals surface area contributed by atoms with Crippen molar-refractivity contribution in [1.29, 1.82) is 0 Å². The van der Waals surface area contributed by atoms with Gasteiger partial charge in [-0.15, -0.1) is 0 Å². The minimum Gasteiger partial charge on any atom is -0.456 e. The highest BCUT2D eigenvalue weighted by Crippen LogP contribution is 2.33. The molecule has 1 unspecified atom stereocenters. The van der Waals surface area contributed by atoms with Gasteiger partial charge in [-0.1, -0.05) is 60.1 Å². The third-order valence-corrected chi connectivity index (χ3v) is 10.3. The lowest BCUT2D eigenvalue weighted by Gasteiger charge is -2.16. The third kappa shape index (κ3) is 5.41. The highest BCUT2D eigenvalue weighted by Gasteiger charge is 2.48. The molecule has 5 atom stereocenters. The first-order valence-corrected chi connectivity index (χ1v) is 16.4. The van der Waals surface area contributed by atoms with Crippen molar-refractivity contribution >= 4 is 32.7 Å². The van der Waals surface area contributed by atoms with Gasteiger partial charge in [-0.3, -0.25) is 4.98 Å². The number of pyridine rings is 1. The van der Waals surface area contributed by atoms with Gasteiger partial charge in [0.05, 0.1) is 30.5 Å². The van der Waals surface area contributed by atoms with E-state index in [-0.39, 0.29) is 24.9 Å². The first kappa shape index (κ1) is 27.8. The fourth-order valence-electron chi connectivity index (χ4n) is 5.77. The van der Waals surface area contributed by atoms with E-state index in [4.69, 9.17) is 30.8 Å². The number of aromatic nitrogens is 3. The van der Waals surface area contributed by atoms with Crippen LogP contribution in [0, 0.1) is 0 Å². The molecular weight excluding hydrogens is 578 g/mol. The fourth-order valence-corrected chi connectivity index (χ4v) is 7.51. The molecule has 10 nitrogen and oxygen atoms in total. The van der Waals surface area contributed by atoms with Gasteiger partial charge in [0.2, 0.25) is 0 Å². The van der Waals surface area contributed by atoms with Crippen molar-refractivity contribution in [2.75, 3.05) is 32.6 Å². The molecule has 2 aromatic heterocycles. The quantitative estimate of drug-likeness (QED) is 0.317. The highest BCUT2D eigenvalue weighted by molar-refractivity contribution is 7.90. The maximum atomic E-state index is 12.9. The Morgan fingerprint density at radius 2 is 1.69 bits per heavy atom. The van der Waals surface area contributed by atoms with Crippen LogP contribution < -0.4 is 4.74 Å². The van der Waals surface area contributed by atoms with Crippen molar-refractivity contribution in [3.8, 4) is 28.4 Å². The molecule has 3 aliphatic rings. The van der Waals surface area contributed by atoms with Gasteiger partial charge in [-0.2, -0.15) is 4.98 Å². The first-order valence-electron chi connectivity index (χ1n) is 14.1. The molecule has 3 aliphatic heterocycles. The zero-order valence-corrected chi connectivity index (χ0v) is 24.7. The maximum Gasteiger partial charge on any atom is 0.296 e. The molecule has 3 fully saturated rings. The number of aromatic amines is 1. The second-order valence-electron chi connectivity index (χ2n) is 11.0. The van der Waals surface area contributed by atoms with Crippen molar-refractivity contribution in [1.82, 2.24) is 19.3 Å². The lowest BCUT2D eigenvalue weighted by molar-refractivity contribution is 0.00706. The normalized spacial score (nSPS) is 25.5. The van der Waals surface area contributed by atoms with Gasteiger partial charge in [0.15, 0.2) is 11.8 Å². The topological polar surface area (TPSA) is 122 Å². The van der Waals surface area contributed by atoms with E-state index >= 15 is 0 Å². The number of halogens is 1. The zero-order chi connectivity index (χ0) is 28.8. The van der Waals surface area contributed by atoms with Crippen LogP contribution >= 0.6 is 11.6 Å². The number of nitrogens with zero attached hydrogens (tertiary/aromatic N) is 4. The van der Waals surface area contributed by atoms with Gasteiger partial charge in [0.25, 0.3) is 6.01 Å². The highest BCUT2D eigenvalue weighted by atomic mass is 35.5. The summed E-state index contributed by atoms with van der Waals surface area (Å²) in [7, 11) is -2.32. The summed E-state index contributed by atoms with van der Waals surface area (Å²) in [5.41, 5.74) is 5.81. The van der Waals surface area contributed by atoms with E-state index in [0.717, 1.165) is 48.2 Å². The Hall–Kier alpha value is -3.06. The van der Waals surface area contributed by atoms with Crippen LogP contribution in [0.15, 0.2) is 59.0 Å². The van der Waals surface area contributed by atoms with Crippen molar-refractivity contribution in [3.63, 3.8) is 0 Å². The summed E-state index contributed by atoms with van der Waals surface area (Å²) in [6, 6.07) is 18.3. The number of hydrogen-bond donors (Lipinski definition) is 2. The second-order valence-corrected chi connectivity index (χ2v) is 13.7. The molecular formula is C30H32ClN5O5S. The Labute approximate surface area is 249 Å². The van der Waals surface area contributed by atoms with E-state index < -0.39 is 16.0 Å². The SMILES string of the molecule is CS(=O)(=NCc1ccc(-c2ccc(-c3nc4[nH]c(O[C@@H]5CO[C@H]6[C@@H]5OC[C@H]6O)nc4cc3Cl)cc2)cc1)N1CCCC1. The van der Waals surface area contributed by atoms with Crippen LogP contribution in [0.4, 0.5) is 0 Å². The Bertz CT molecular complexity index is 1710. The van der Waals surface area contributed by atoms with Crippen molar-refractivity contribution in [2.24, 2.45) is 4.36 Å². The number of benzene rings is 2. The fraction of sp³-hybridized carbons (Fsp3) is 0.400. The lowest BCUT2D eigenvalue weighted by Crippen LogP contribution is -2.34. The number of hydrogen-bond acceptors (Lipinski definition) is 8. The number of nitrogens with one attached hydrogen (secondary N) is 1. The monoisotopic (exact) mass is 609 g/mol. The molecule has 3 saturated heterocycles. The summed E-state index contributed by atoms with van der Waals surface area (Å²) in [6.45, 7) is 2.70. The molecule has 4 aromatic rings. The largest absolute Gasteiger partial charge is 0.456 e. The molecule has 12 heteroatoms. The van der Waals surface area contributed by atoms with E-state index in [1.54, 1.807) is 12.3 Å². The molecule has 0 amide bonds. The van der Waals surface area contributed by atoms with E-state index in [0.29, 0.717) is 41.0 Å². The minimum atomic E-state index is -2.32. The number of fused-ring (bicyclic) bond motifs is 2. The molecule has 0 aliphatic carbocycles. The summed E-state index contributed by atoms with van der Waals surface area (Å²) in [4.78, 5) is 12.3. The van der Waals surface area contributed by atoms with Crippen LogP contribution in [0.3, 0.4) is 0 Å². The summed E-state index contributed by atoms with van der Waals surface area (Å²) in [5.74, 6) is 0. The van der Waals surface area contributed by atoms with E-state index in [2.05, 4.69) is 26.5 Å². The molecule has 5 heterocycles. The first-order chi connectivity index (χ1) is 20.3. The number of rotatable bonds is 7. The smallest absolute Gasteiger partial charge is 0.296 e. The maximum absolute atomic E-state index is 12.9. The number of aliphatic hydroxyl groups is 1. The lowest BCUT2D eigenvalue weighted by atomic mass is 10.0. The van der Waals surface area contributed by atoms with Gasteiger partial charge in [-0.25, -0.2) is 17.9 Å². The van der Waals surface area contributed by atoms with E-state index in [9.17, 15) is 9.32 Å². The van der Waals surface area contributed by atoms with E-state index in [1.807, 2.05) is 40.7 Å². The third-order valence-electron chi connectivity index (χ3n) is 8.12. The molecule has 220 valence electrons. The summed E-state index contributed by atoms with van der Waals surface area (Å²) in [5, 5.41) is 10.4. The molecule has 7 rings (SSSR count). The number of ether oxygens (including phenoxy) is 3. The van der Waals surface area contributed by atoms with Gasteiger partial charge < -0.3 is 19.3 Å². The Morgan fingerprint density at radius 3 is 2.43 bits per heavy atom. The van der Waals surface area contributed by atoms with Crippen molar-refractivity contribution < 1.29 is 23.5 Å². The molecule has 0 spiro atoms. The van der Waals surface area contributed by atoms with Crippen LogP contribution in [0.2, 0.25) is 5.02 Å². The molecule has 42 heavy (non-hydrogen) atoms. The number of H-pyrrole nitrogens is 1. The molecule has 0 radical (unpaired) electrons. The average Bonchev–Trinajstić information content (AvgIpc) is 3.80. The van der Waals surface area contributed by atoms with Crippen LogP contribution in [-0.2, 0) is 25.9 Å². The van der Waals surface area contributed by atoms with E-state index in [1.165, 1.54) is 0 Å².